The fourth-order valence-electron chi connectivity index (χ4n) is 3.17. The Hall–Kier alpha value is -2.99. The molecular formula is C27H32N2O3S. The molecule has 3 aromatic rings. The van der Waals surface area contributed by atoms with Crippen molar-refractivity contribution >= 4 is 28.7 Å². The number of carbonyl (C=O) groups is 1. The second kappa shape index (κ2) is 13.5. The minimum atomic E-state index is -0.396. The first kappa shape index (κ1) is 24.6. The molecule has 3 rings (SSSR count). The van der Waals surface area contributed by atoms with Crippen LogP contribution < -0.4 is 9.47 Å². The Bertz CT molecular complexity index is 1010. The molecule has 0 bridgehead atoms. The number of hydrogen-bond donors (Lipinski definition) is 0. The molecule has 33 heavy (non-hydrogen) atoms. The fourth-order valence-corrected chi connectivity index (χ4v) is 3.97. The van der Waals surface area contributed by atoms with Crippen molar-refractivity contribution in [2.75, 3.05) is 6.61 Å². The number of thiazole rings is 1. The number of aromatic nitrogens is 1. The maximum absolute atomic E-state index is 12.4. The van der Waals surface area contributed by atoms with Crippen LogP contribution in [0.15, 0.2) is 59.7 Å². The van der Waals surface area contributed by atoms with E-state index >= 15 is 0 Å². The van der Waals surface area contributed by atoms with Crippen LogP contribution in [0.3, 0.4) is 0 Å². The predicted octanol–water partition coefficient (Wildman–Crippen LogP) is 7.41. The average molecular weight is 465 g/mol. The normalized spacial score (nSPS) is 11.1. The Balaban J connectivity index is 1.48. The first-order valence-electron chi connectivity index (χ1n) is 11.7. The molecule has 0 saturated heterocycles. The van der Waals surface area contributed by atoms with Gasteiger partial charge < -0.3 is 9.47 Å². The number of unbranched alkanes of at least 4 members (excludes halogenated alkanes) is 4. The molecule has 174 valence electrons. The number of benzene rings is 2. The maximum atomic E-state index is 12.4. The van der Waals surface area contributed by atoms with Crippen LogP contribution in [-0.2, 0) is 6.42 Å². The van der Waals surface area contributed by atoms with Crippen LogP contribution in [0.25, 0.3) is 0 Å². The Morgan fingerprint density at radius 1 is 0.939 bits per heavy atom. The van der Waals surface area contributed by atoms with Crippen LogP contribution in [0.4, 0.5) is 5.13 Å². The van der Waals surface area contributed by atoms with E-state index < -0.39 is 5.97 Å². The summed E-state index contributed by atoms with van der Waals surface area (Å²) in [6.07, 6.45) is 11.8. The number of nitrogens with zero attached hydrogens (tertiary/aromatic N) is 2. The highest BCUT2D eigenvalue weighted by molar-refractivity contribution is 7.15. The van der Waals surface area contributed by atoms with Crippen LogP contribution in [0.1, 0.15) is 73.2 Å². The predicted molar refractivity (Wildman–Crippen MR) is 135 cm³/mol. The molecule has 0 atom stereocenters. The van der Waals surface area contributed by atoms with Crippen molar-refractivity contribution in [1.82, 2.24) is 4.98 Å². The van der Waals surface area contributed by atoms with Crippen LogP contribution in [0.5, 0.6) is 11.5 Å². The molecule has 0 radical (unpaired) electrons. The minimum Gasteiger partial charge on any atom is -0.494 e. The van der Waals surface area contributed by atoms with E-state index in [0.29, 0.717) is 17.9 Å². The van der Waals surface area contributed by atoms with Crippen molar-refractivity contribution in [2.24, 2.45) is 4.99 Å². The van der Waals surface area contributed by atoms with Crippen LogP contribution in [-0.4, -0.2) is 23.8 Å². The number of rotatable bonds is 13. The number of esters is 1. The number of aliphatic imine (C=N–C) groups is 1. The standard InChI is InChI=1S/C27H32N2O3S/c1-3-5-7-9-25-20-29-27(33-25)28-19-21-10-14-24(15-11-21)32-26(30)22-12-16-23(17-13-22)31-18-8-6-4-2/h10-17,19-20H,3-9,18H2,1-2H3. The van der Waals surface area contributed by atoms with Gasteiger partial charge in [0.25, 0.3) is 0 Å². The minimum absolute atomic E-state index is 0.396. The molecule has 5 nitrogen and oxygen atoms in total. The van der Waals surface area contributed by atoms with Gasteiger partial charge >= 0.3 is 5.97 Å². The van der Waals surface area contributed by atoms with E-state index in [1.165, 1.54) is 24.1 Å². The number of hydrogen-bond acceptors (Lipinski definition) is 6. The van der Waals surface area contributed by atoms with Crippen LogP contribution >= 0.6 is 11.3 Å². The third-order valence-electron chi connectivity index (χ3n) is 5.09. The molecule has 6 heteroatoms. The van der Waals surface area contributed by atoms with Gasteiger partial charge in [0.15, 0.2) is 0 Å². The largest absolute Gasteiger partial charge is 0.494 e. The summed E-state index contributed by atoms with van der Waals surface area (Å²) in [6.45, 7) is 5.06. The van der Waals surface area contributed by atoms with E-state index in [2.05, 4.69) is 23.8 Å². The molecule has 0 unspecified atom stereocenters. The van der Waals surface area contributed by atoms with Gasteiger partial charge in [-0.1, -0.05) is 50.9 Å². The molecule has 0 aliphatic heterocycles. The topological polar surface area (TPSA) is 60.8 Å². The molecule has 0 aliphatic rings. The van der Waals surface area contributed by atoms with E-state index in [1.807, 2.05) is 18.3 Å². The van der Waals surface area contributed by atoms with E-state index in [0.717, 1.165) is 42.1 Å². The monoisotopic (exact) mass is 464 g/mol. The summed E-state index contributed by atoms with van der Waals surface area (Å²) >= 11 is 1.63. The first-order chi connectivity index (χ1) is 16.2. The second-order valence-corrected chi connectivity index (χ2v) is 8.96. The molecule has 0 amide bonds. The Morgan fingerprint density at radius 3 is 2.36 bits per heavy atom. The summed E-state index contributed by atoms with van der Waals surface area (Å²) in [5.74, 6) is 0.858. The lowest BCUT2D eigenvalue weighted by atomic mass is 10.2. The molecule has 0 N–H and O–H groups in total. The quantitative estimate of drug-likeness (QED) is 0.114. The summed E-state index contributed by atoms with van der Waals surface area (Å²) in [5, 5.41) is 0.759. The lowest BCUT2D eigenvalue weighted by Crippen LogP contribution is -2.08. The molecular weight excluding hydrogens is 432 g/mol. The van der Waals surface area contributed by atoms with Crippen molar-refractivity contribution in [1.29, 1.82) is 0 Å². The highest BCUT2D eigenvalue weighted by atomic mass is 32.1. The smallest absolute Gasteiger partial charge is 0.343 e. The lowest BCUT2D eigenvalue weighted by Gasteiger charge is -2.07. The average Bonchev–Trinajstić information content (AvgIpc) is 3.30. The fraction of sp³-hybridized carbons (Fsp3) is 0.370. The summed E-state index contributed by atoms with van der Waals surface area (Å²) in [6, 6.07) is 14.3. The number of ether oxygens (including phenoxy) is 2. The summed E-state index contributed by atoms with van der Waals surface area (Å²) in [4.78, 5) is 22.5. The Labute approximate surface area is 200 Å². The van der Waals surface area contributed by atoms with Gasteiger partial charge in [-0.25, -0.2) is 14.8 Å². The second-order valence-electron chi connectivity index (χ2n) is 7.86. The highest BCUT2D eigenvalue weighted by Crippen LogP contribution is 2.23. The van der Waals surface area contributed by atoms with E-state index in [4.69, 9.17) is 9.47 Å². The van der Waals surface area contributed by atoms with Gasteiger partial charge in [0.2, 0.25) is 5.13 Å². The third-order valence-corrected chi connectivity index (χ3v) is 6.05. The van der Waals surface area contributed by atoms with Gasteiger partial charge in [-0.3, -0.25) is 0 Å². The summed E-state index contributed by atoms with van der Waals surface area (Å²) in [5.41, 5.74) is 1.40. The Kier molecular flexibility index (Phi) is 10.1. The van der Waals surface area contributed by atoms with Crippen LogP contribution in [0, 0.1) is 0 Å². The third kappa shape index (κ3) is 8.46. The molecule has 1 heterocycles. The van der Waals surface area contributed by atoms with E-state index in [9.17, 15) is 4.79 Å². The van der Waals surface area contributed by atoms with Crippen molar-refractivity contribution in [2.45, 2.75) is 58.8 Å². The first-order valence-corrected chi connectivity index (χ1v) is 12.5. The molecule has 0 spiro atoms. The van der Waals surface area contributed by atoms with Crippen molar-refractivity contribution < 1.29 is 14.3 Å². The molecule has 0 aliphatic carbocycles. The highest BCUT2D eigenvalue weighted by Gasteiger charge is 2.09. The van der Waals surface area contributed by atoms with Crippen LogP contribution in [0.2, 0.25) is 0 Å². The van der Waals surface area contributed by atoms with Crippen molar-refractivity contribution in [3.8, 4) is 11.5 Å². The summed E-state index contributed by atoms with van der Waals surface area (Å²) < 4.78 is 11.2. The SMILES string of the molecule is CCCCCOc1ccc(C(=O)Oc2ccc(C=Nc3ncc(CCCCC)s3)cc2)cc1. The van der Waals surface area contributed by atoms with E-state index in [-0.39, 0.29) is 0 Å². The zero-order valence-corrected chi connectivity index (χ0v) is 20.3. The molecule has 0 saturated carbocycles. The maximum Gasteiger partial charge on any atom is 0.343 e. The van der Waals surface area contributed by atoms with E-state index in [1.54, 1.807) is 53.9 Å². The lowest BCUT2D eigenvalue weighted by molar-refractivity contribution is 0.0734. The zero-order valence-electron chi connectivity index (χ0n) is 19.5. The van der Waals surface area contributed by atoms with Gasteiger partial charge in [0, 0.05) is 17.3 Å². The van der Waals surface area contributed by atoms with Gasteiger partial charge in [-0.15, -0.1) is 0 Å². The molecule has 2 aromatic carbocycles. The van der Waals surface area contributed by atoms with Gasteiger partial charge in [-0.2, -0.15) is 0 Å². The number of carbonyl (C=O) groups excluding carboxylic acids is 1. The van der Waals surface area contributed by atoms with Gasteiger partial charge in [0.05, 0.1) is 12.2 Å². The van der Waals surface area contributed by atoms with Crippen molar-refractivity contribution in [3.05, 3.63) is 70.7 Å². The summed E-state index contributed by atoms with van der Waals surface area (Å²) in [7, 11) is 0. The molecule has 0 fully saturated rings. The van der Waals surface area contributed by atoms with Gasteiger partial charge in [0.1, 0.15) is 11.5 Å². The Morgan fingerprint density at radius 2 is 1.64 bits per heavy atom. The van der Waals surface area contributed by atoms with Gasteiger partial charge in [-0.05, 0) is 73.4 Å². The molecule has 1 aromatic heterocycles. The zero-order chi connectivity index (χ0) is 23.3. The van der Waals surface area contributed by atoms with Crippen molar-refractivity contribution in [3.63, 3.8) is 0 Å². The number of aryl methyl sites for hydroxylation is 1.